The maximum absolute atomic E-state index is 12.2. The number of hydrogen-bond donors (Lipinski definition) is 1. The number of nitrogens with one attached hydrogen (secondary N) is 1. The van der Waals surface area contributed by atoms with E-state index in [0.717, 1.165) is 11.8 Å². The number of carbonyl (C=O) groups is 2. The molecule has 0 aromatic heterocycles. The molecule has 1 aromatic carbocycles. The molecule has 7 nitrogen and oxygen atoms in total. The molecule has 0 aliphatic heterocycles. The van der Waals surface area contributed by atoms with Crippen molar-refractivity contribution in [1.29, 1.82) is 0 Å². The molecule has 1 aromatic rings. The number of alkyl carbamates (subject to hydrolysis) is 1. The molecular formula is C17H25NO6S. The molecule has 1 rings (SSSR count). The monoisotopic (exact) mass is 371 g/mol. The van der Waals surface area contributed by atoms with Crippen LogP contribution in [0.3, 0.4) is 0 Å². The van der Waals surface area contributed by atoms with E-state index in [1.165, 1.54) is 0 Å². The number of sulfone groups is 1. The SMILES string of the molecule is CC(C)(C)OC(=O)NC(CCS(C)(=O)=O)C(=O)OCc1ccccc1. The number of benzene rings is 1. The minimum atomic E-state index is -3.29. The Hall–Kier alpha value is -2.09. The molecule has 25 heavy (non-hydrogen) atoms. The minimum absolute atomic E-state index is 0.0328. The van der Waals surface area contributed by atoms with Gasteiger partial charge in [0.1, 0.15) is 28.1 Å². The Kier molecular flexibility index (Phi) is 7.41. The summed E-state index contributed by atoms with van der Waals surface area (Å²) in [6.07, 6.45) is 0.168. The van der Waals surface area contributed by atoms with Gasteiger partial charge in [0.2, 0.25) is 0 Å². The van der Waals surface area contributed by atoms with E-state index in [2.05, 4.69) is 5.32 Å². The van der Waals surface area contributed by atoms with E-state index >= 15 is 0 Å². The highest BCUT2D eigenvalue weighted by Crippen LogP contribution is 2.09. The number of amides is 1. The first kappa shape index (κ1) is 21.0. The lowest BCUT2D eigenvalue weighted by molar-refractivity contribution is -0.147. The number of carbonyl (C=O) groups excluding carboxylic acids is 2. The molecule has 140 valence electrons. The third-order valence-electron chi connectivity index (χ3n) is 2.98. The van der Waals surface area contributed by atoms with Crippen molar-refractivity contribution in [3.8, 4) is 0 Å². The highest BCUT2D eigenvalue weighted by Gasteiger charge is 2.26. The van der Waals surface area contributed by atoms with Crippen LogP contribution in [0, 0.1) is 0 Å². The van der Waals surface area contributed by atoms with E-state index in [-0.39, 0.29) is 18.8 Å². The predicted octanol–water partition coefficient (Wildman–Crippen LogP) is 2.06. The van der Waals surface area contributed by atoms with Gasteiger partial charge in [-0.05, 0) is 32.8 Å². The lowest BCUT2D eigenvalue weighted by atomic mass is 10.2. The molecule has 0 radical (unpaired) electrons. The Morgan fingerprint density at radius 1 is 1.16 bits per heavy atom. The Balaban J connectivity index is 2.71. The van der Waals surface area contributed by atoms with E-state index in [1.54, 1.807) is 32.9 Å². The number of ether oxygens (including phenoxy) is 2. The Bertz CT molecular complexity index is 679. The fourth-order valence-corrected chi connectivity index (χ4v) is 2.52. The molecule has 1 atom stereocenters. The zero-order valence-electron chi connectivity index (χ0n) is 14.9. The standard InChI is InChI=1S/C17H25NO6S/c1-17(2,3)24-16(20)18-14(10-11-25(4,21)22)15(19)23-12-13-8-6-5-7-9-13/h5-9,14H,10-12H2,1-4H3,(H,18,20). The van der Waals surface area contributed by atoms with Crippen LogP contribution in [0.25, 0.3) is 0 Å². The third-order valence-corrected chi connectivity index (χ3v) is 3.95. The zero-order valence-corrected chi connectivity index (χ0v) is 15.8. The molecule has 1 unspecified atom stereocenters. The summed E-state index contributed by atoms with van der Waals surface area (Å²) in [7, 11) is -3.29. The van der Waals surface area contributed by atoms with Crippen LogP contribution in [0.15, 0.2) is 30.3 Å². The summed E-state index contributed by atoms with van der Waals surface area (Å²) in [6, 6.07) is 7.94. The molecule has 8 heteroatoms. The van der Waals surface area contributed by atoms with Crippen molar-refractivity contribution in [3.05, 3.63) is 35.9 Å². The molecule has 0 spiro atoms. The molecule has 0 saturated heterocycles. The number of esters is 1. The summed E-state index contributed by atoms with van der Waals surface area (Å²) in [5.41, 5.74) is 0.0503. The van der Waals surface area contributed by atoms with E-state index < -0.39 is 33.5 Å². The largest absolute Gasteiger partial charge is 0.459 e. The van der Waals surface area contributed by atoms with Gasteiger partial charge in [-0.15, -0.1) is 0 Å². The summed E-state index contributed by atoms with van der Waals surface area (Å²) < 4.78 is 33.0. The van der Waals surface area contributed by atoms with E-state index in [1.807, 2.05) is 18.2 Å². The van der Waals surface area contributed by atoms with Crippen molar-refractivity contribution in [2.45, 2.75) is 45.4 Å². The minimum Gasteiger partial charge on any atom is -0.459 e. The van der Waals surface area contributed by atoms with Crippen molar-refractivity contribution in [1.82, 2.24) is 5.32 Å². The summed E-state index contributed by atoms with van der Waals surface area (Å²) in [5, 5.41) is 2.38. The second-order valence-corrected chi connectivity index (χ2v) is 8.97. The topological polar surface area (TPSA) is 98.8 Å². The van der Waals surface area contributed by atoms with Gasteiger partial charge in [-0.3, -0.25) is 0 Å². The van der Waals surface area contributed by atoms with Crippen LogP contribution >= 0.6 is 0 Å². The number of hydrogen-bond acceptors (Lipinski definition) is 6. The lowest BCUT2D eigenvalue weighted by Crippen LogP contribution is -2.45. The zero-order chi connectivity index (χ0) is 19.1. The van der Waals surface area contributed by atoms with Crippen LogP contribution in [0.2, 0.25) is 0 Å². The average Bonchev–Trinajstić information content (AvgIpc) is 2.47. The molecule has 0 heterocycles. The van der Waals surface area contributed by atoms with Gasteiger partial charge in [-0.2, -0.15) is 0 Å². The van der Waals surface area contributed by atoms with Crippen LogP contribution in [0.1, 0.15) is 32.8 Å². The van der Waals surface area contributed by atoms with Gasteiger partial charge in [0, 0.05) is 6.26 Å². The number of rotatable bonds is 7. The van der Waals surface area contributed by atoms with Gasteiger partial charge in [-0.25, -0.2) is 18.0 Å². The van der Waals surface area contributed by atoms with Gasteiger partial charge in [0.05, 0.1) is 5.75 Å². The molecule has 0 aliphatic rings. The predicted molar refractivity (Wildman–Crippen MR) is 93.7 cm³/mol. The van der Waals surface area contributed by atoms with Crippen LogP contribution in [0.5, 0.6) is 0 Å². The molecule has 1 amide bonds. The quantitative estimate of drug-likeness (QED) is 0.737. The van der Waals surface area contributed by atoms with Gasteiger partial charge >= 0.3 is 12.1 Å². The average molecular weight is 371 g/mol. The maximum atomic E-state index is 12.2. The molecule has 0 aliphatic carbocycles. The Labute approximate surface area is 148 Å². The molecule has 0 saturated carbocycles. The van der Waals surface area contributed by atoms with Crippen molar-refractivity contribution in [2.75, 3.05) is 12.0 Å². The van der Waals surface area contributed by atoms with Gasteiger partial charge < -0.3 is 14.8 Å². The fraction of sp³-hybridized carbons (Fsp3) is 0.529. The first-order valence-electron chi connectivity index (χ1n) is 7.84. The van der Waals surface area contributed by atoms with Crippen LogP contribution in [-0.4, -0.2) is 44.1 Å². The lowest BCUT2D eigenvalue weighted by Gasteiger charge is -2.22. The van der Waals surface area contributed by atoms with Crippen molar-refractivity contribution in [2.24, 2.45) is 0 Å². The molecule has 1 N–H and O–H groups in total. The maximum Gasteiger partial charge on any atom is 0.408 e. The Morgan fingerprint density at radius 3 is 2.28 bits per heavy atom. The second-order valence-electron chi connectivity index (χ2n) is 6.71. The van der Waals surface area contributed by atoms with Crippen LogP contribution in [0.4, 0.5) is 4.79 Å². The summed E-state index contributed by atoms with van der Waals surface area (Å²) >= 11 is 0. The van der Waals surface area contributed by atoms with Gasteiger partial charge in [0.25, 0.3) is 0 Å². The van der Waals surface area contributed by atoms with Gasteiger partial charge in [-0.1, -0.05) is 30.3 Å². The summed E-state index contributed by atoms with van der Waals surface area (Å²) in [6.45, 7) is 5.09. The van der Waals surface area contributed by atoms with E-state index in [0.29, 0.717) is 0 Å². The summed E-state index contributed by atoms with van der Waals surface area (Å²) in [4.78, 5) is 24.1. The first-order valence-corrected chi connectivity index (χ1v) is 9.90. The second kappa shape index (κ2) is 8.84. The molecule has 0 bridgehead atoms. The summed E-state index contributed by atoms with van der Waals surface area (Å²) in [5.74, 6) is -0.966. The normalized spacial score (nSPS) is 13.0. The third kappa shape index (κ3) is 9.71. The highest BCUT2D eigenvalue weighted by atomic mass is 32.2. The Morgan fingerprint density at radius 2 is 1.76 bits per heavy atom. The van der Waals surface area contributed by atoms with Gasteiger partial charge in [0.15, 0.2) is 0 Å². The fourth-order valence-electron chi connectivity index (χ4n) is 1.86. The molecule has 0 fully saturated rings. The first-order chi connectivity index (χ1) is 11.5. The van der Waals surface area contributed by atoms with E-state index in [9.17, 15) is 18.0 Å². The van der Waals surface area contributed by atoms with Crippen molar-refractivity contribution >= 4 is 21.9 Å². The van der Waals surface area contributed by atoms with Crippen molar-refractivity contribution < 1.29 is 27.5 Å². The van der Waals surface area contributed by atoms with Crippen LogP contribution < -0.4 is 5.32 Å². The van der Waals surface area contributed by atoms with Crippen molar-refractivity contribution in [3.63, 3.8) is 0 Å². The molecular weight excluding hydrogens is 346 g/mol. The van der Waals surface area contributed by atoms with E-state index in [4.69, 9.17) is 9.47 Å². The smallest absolute Gasteiger partial charge is 0.408 e. The highest BCUT2D eigenvalue weighted by molar-refractivity contribution is 7.90. The van der Waals surface area contributed by atoms with Crippen LogP contribution in [-0.2, 0) is 30.7 Å².